The van der Waals surface area contributed by atoms with E-state index in [0.29, 0.717) is 5.69 Å². The van der Waals surface area contributed by atoms with Crippen molar-refractivity contribution in [1.29, 1.82) is 0 Å². The van der Waals surface area contributed by atoms with Gasteiger partial charge in [0.25, 0.3) is 5.91 Å². The third kappa shape index (κ3) is 3.23. The molecule has 0 saturated heterocycles. The van der Waals surface area contributed by atoms with Crippen LogP contribution in [-0.2, 0) is 11.9 Å². The van der Waals surface area contributed by atoms with Crippen LogP contribution in [0.1, 0.15) is 16.1 Å². The molecule has 0 aliphatic carbocycles. The first-order valence-electron chi connectivity index (χ1n) is 4.29. The molecule has 0 spiro atoms. The van der Waals surface area contributed by atoms with Gasteiger partial charge in [0.05, 0.1) is 11.8 Å². The van der Waals surface area contributed by atoms with Gasteiger partial charge in [0, 0.05) is 12.7 Å². The van der Waals surface area contributed by atoms with Gasteiger partial charge in [-0.3, -0.25) is 14.3 Å². The SMILES string of the molecule is Cc1c(C(=O)NOCC(F)(F)F)cnn1C. The van der Waals surface area contributed by atoms with E-state index in [9.17, 15) is 18.0 Å². The van der Waals surface area contributed by atoms with Gasteiger partial charge in [-0.25, -0.2) is 5.48 Å². The maximum Gasteiger partial charge on any atom is 0.414 e. The lowest BCUT2D eigenvalue weighted by atomic mass is 10.2. The zero-order valence-corrected chi connectivity index (χ0v) is 8.63. The molecule has 0 atom stereocenters. The molecule has 0 unspecified atom stereocenters. The van der Waals surface area contributed by atoms with E-state index in [-0.39, 0.29) is 5.56 Å². The minimum atomic E-state index is -4.47. The predicted octanol–water partition coefficient (Wildman–Crippen LogP) is 0.952. The molecule has 1 N–H and O–H groups in total. The highest BCUT2D eigenvalue weighted by molar-refractivity contribution is 5.94. The second-order valence-electron chi connectivity index (χ2n) is 3.10. The third-order valence-electron chi connectivity index (χ3n) is 1.88. The van der Waals surface area contributed by atoms with Gasteiger partial charge < -0.3 is 0 Å². The predicted molar refractivity (Wildman–Crippen MR) is 47.4 cm³/mol. The molecule has 1 aromatic heterocycles. The summed E-state index contributed by atoms with van der Waals surface area (Å²) in [5.74, 6) is -0.755. The summed E-state index contributed by atoms with van der Waals surface area (Å²) in [5.41, 5.74) is 2.40. The van der Waals surface area contributed by atoms with Crippen molar-refractivity contribution >= 4 is 5.91 Å². The second kappa shape index (κ2) is 4.52. The number of aryl methyl sites for hydroxylation is 1. The number of nitrogens with zero attached hydrogens (tertiary/aromatic N) is 2. The Morgan fingerprint density at radius 1 is 1.62 bits per heavy atom. The van der Waals surface area contributed by atoms with Crippen LogP contribution >= 0.6 is 0 Å². The Labute approximate surface area is 89.1 Å². The van der Waals surface area contributed by atoms with Crippen LogP contribution in [0.5, 0.6) is 0 Å². The van der Waals surface area contributed by atoms with Crippen molar-refractivity contribution in [1.82, 2.24) is 15.3 Å². The number of hydrogen-bond donors (Lipinski definition) is 1. The Balaban J connectivity index is 2.51. The molecular weight excluding hydrogens is 227 g/mol. The Hall–Kier alpha value is -1.57. The van der Waals surface area contributed by atoms with Crippen LogP contribution in [0.2, 0.25) is 0 Å². The Morgan fingerprint density at radius 2 is 2.25 bits per heavy atom. The lowest BCUT2D eigenvalue weighted by molar-refractivity contribution is -0.184. The molecule has 5 nitrogen and oxygen atoms in total. The zero-order chi connectivity index (χ0) is 12.3. The van der Waals surface area contributed by atoms with Gasteiger partial charge in [-0.2, -0.15) is 18.3 Å². The number of nitrogens with one attached hydrogen (secondary N) is 1. The summed E-state index contributed by atoms with van der Waals surface area (Å²) in [6.45, 7) is 0.0870. The van der Waals surface area contributed by atoms with Gasteiger partial charge in [0.15, 0.2) is 6.61 Å². The number of carbonyl (C=O) groups excluding carboxylic acids is 1. The van der Waals surface area contributed by atoms with E-state index in [0.717, 1.165) is 0 Å². The highest BCUT2D eigenvalue weighted by atomic mass is 19.4. The van der Waals surface area contributed by atoms with E-state index in [1.807, 2.05) is 0 Å². The molecule has 0 aromatic carbocycles. The Bertz CT molecular complexity index is 386. The molecule has 0 radical (unpaired) electrons. The van der Waals surface area contributed by atoms with E-state index in [1.54, 1.807) is 19.5 Å². The summed E-state index contributed by atoms with van der Waals surface area (Å²) < 4.78 is 36.5. The maximum absolute atomic E-state index is 11.7. The number of halogens is 3. The first-order valence-corrected chi connectivity index (χ1v) is 4.29. The number of carbonyl (C=O) groups is 1. The average molecular weight is 237 g/mol. The molecule has 0 fully saturated rings. The number of aromatic nitrogens is 2. The van der Waals surface area contributed by atoms with E-state index in [4.69, 9.17) is 0 Å². The fourth-order valence-corrected chi connectivity index (χ4v) is 0.960. The van der Waals surface area contributed by atoms with Gasteiger partial charge in [-0.05, 0) is 6.92 Å². The normalized spacial score (nSPS) is 11.6. The summed E-state index contributed by atoms with van der Waals surface area (Å²) in [6.07, 6.45) is -3.22. The van der Waals surface area contributed by atoms with Crippen molar-refractivity contribution in [3.05, 3.63) is 17.5 Å². The summed E-state index contributed by atoms with van der Waals surface area (Å²) in [6, 6.07) is 0. The molecule has 1 aromatic rings. The minimum absolute atomic E-state index is 0.171. The monoisotopic (exact) mass is 237 g/mol. The Kier molecular flexibility index (Phi) is 3.53. The molecule has 8 heteroatoms. The van der Waals surface area contributed by atoms with Crippen molar-refractivity contribution in [2.75, 3.05) is 6.61 Å². The topological polar surface area (TPSA) is 56.1 Å². The molecule has 1 heterocycles. The smallest absolute Gasteiger partial charge is 0.272 e. The van der Waals surface area contributed by atoms with Crippen molar-refractivity contribution < 1.29 is 22.8 Å². The molecule has 1 rings (SSSR count). The molecule has 1 amide bonds. The molecule has 0 aliphatic heterocycles. The highest BCUT2D eigenvalue weighted by Crippen LogP contribution is 2.13. The van der Waals surface area contributed by atoms with Crippen molar-refractivity contribution in [3.8, 4) is 0 Å². The fraction of sp³-hybridized carbons (Fsp3) is 0.500. The summed E-state index contributed by atoms with van der Waals surface area (Å²) >= 11 is 0. The molecule has 90 valence electrons. The molecule has 0 bridgehead atoms. The fourth-order valence-electron chi connectivity index (χ4n) is 0.960. The van der Waals surface area contributed by atoms with Gasteiger partial charge in [0.1, 0.15) is 0 Å². The van der Waals surface area contributed by atoms with E-state index >= 15 is 0 Å². The van der Waals surface area contributed by atoms with E-state index in [2.05, 4.69) is 9.94 Å². The van der Waals surface area contributed by atoms with Crippen LogP contribution in [-0.4, -0.2) is 28.5 Å². The van der Waals surface area contributed by atoms with Crippen LogP contribution in [0.15, 0.2) is 6.20 Å². The third-order valence-corrected chi connectivity index (χ3v) is 1.88. The first kappa shape index (κ1) is 12.5. The zero-order valence-electron chi connectivity index (χ0n) is 8.63. The van der Waals surface area contributed by atoms with E-state index in [1.165, 1.54) is 10.9 Å². The number of alkyl halides is 3. The van der Waals surface area contributed by atoms with Gasteiger partial charge >= 0.3 is 6.18 Å². The lowest BCUT2D eigenvalue weighted by Crippen LogP contribution is -2.29. The minimum Gasteiger partial charge on any atom is -0.272 e. The number of amides is 1. The molecule has 16 heavy (non-hydrogen) atoms. The van der Waals surface area contributed by atoms with Crippen molar-refractivity contribution in [2.45, 2.75) is 13.1 Å². The van der Waals surface area contributed by atoms with Gasteiger partial charge in [-0.15, -0.1) is 0 Å². The largest absolute Gasteiger partial charge is 0.414 e. The summed E-state index contributed by atoms with van der Waals surface area (Å²) in [5, 5.41) is 3.77. The number of rotatable bonds is 3. The lowest BCUT2D eigenvalue weighted by Gasteiger charge is -2.07. The summed E-state index contributed by atoms with van der Waals surface area (Å²) in [7, 11) is 1.61. The van der Waals surface area contributed by atoms with Gasteiger partial charge in [-0.1, -0.05) is 0 Å². The van der Waals surface area contributed by atoms with Crippen LogP contribution in [0.4, 0.5) is 13.2 Å². The first-order chi connectivity index (χ1) is 7.31. The molecule has 0 aliphatic rings. The highest BCUT2D eigenvalue weighted by Gasteiger charge is 2.28. The van der Waals surface area contributed by atoms with Crippen LogP contribution in [0.25, 0.3) is 0 Å². The van der Waals surface area contributed by atoms with Crippen LogP contribution in [0, 0.1) is 6.92 Å². The Morgan fingerprint density at radius 3 is 2.69 bits per heavy atom. The quantitative estimate of drug-likeness (QED) is 0.796. The van der Waals surface area contributed by atoms with Crippen molar-refractivity contribution in [2.24, 2.45) is 7.05 Å². The van der Waals surface area contributed by atoms with Crippen molar-refractivity contribution in [3.63, 3.8) is 0 Å². The second-order valence-corrected chi connectivity index (χ2v) is 3.10. The summed E-state index contributed by atoms with van der Waals surface area (Å²) in [4.78, 5) is 15.3. The standard InChI is InChI=1S/C8H10F3N3O2/c1-5-6(3-12-14(5)2)7(15)13-16-4-8(9,10)11/h3H,4H2,1-2H3,(H,13,15). The van der Waals surface area contributed by atoms with Gasteiger partial charge in [0.2, 0.25) is 0 Å². The number of hydrogen-bond acceptors (Lipinski definition) is 3. The number of hydroxylamine groups is 1. The average Bonchev–Trinajstić information content (AvgIpc) is 2.45. The molecular formula is C8H10F3N3O2. The molecule has 0 saturated carbocycles. The maximum atomic E-state index is 11.7. The van der Waals surface area contributed by atoms with E-state index < -0.39 is 18.7 Å². The van der Waals surface area contributed by atoms with Crippen LogP contribution < -0.4 is 5.48 Å². The van der Waals surface area contributed by atoms with Crippen LogP contribution in [0.3, 0.4) is 0 Å².